The monoisotopic (exact) mass is 419 g/mol. The minimum absolute atomic E-state index is 0.0381. The topological polar surface area (TPSA) is 20.3 Å². The van der Waals surface area contributed by atoms with Crippen molar-refractivity contribution in [3.63, 3.8) is 0 Å². The Hall–Kier alpha value is -0.170. The van der Waals surface area contributed by atoms with Crippen LogP contribution in [0.15, 0.2) is 37.7 Å². The number of Topliss-reactive ketones (excluding diaryl/α,β-unsaturated/α-hetero) is 1. The lowest BCUT2D eigenvalue weighted by Gasteiger charge is -2.27. The van der Waals surface area contributed by atoms with Crippen LogP contribution in [-0.2, 0) is 4.79 Å². The van der Waals surface area contributed by atoms with Gasteiger partial charge >= 0.3 is 0 Å². The van der Waals surface area contributed by atoms with Crippen molar-refractivity contribution in [1.29, 1.82) is 0 Å². The number of hydrogen-bond donors (Lipinski definition) is 0. The summed E-state index contributed by atoms with van der Waals surface area (Å²) >= 11 is 13.7. The maximum atomic E-state index is 11.7. The summed E-state index contributed by atoms with van der Waals surface area (Å²) in [6, 6.07) is 5.91. The molecule has 0 radical (unpaired) electrons. The van der Waals surface area contributed by atoms with Crippen molar-refractivity contribution in [1.82, 2.24) is 0 Å². The zero-order chi connectivity index (χ0) is 14.2. The summed E-state index contributed by atoms with van der Waals surface area (Å²) in [7, 11) is 0. The van der Waals surface area contributed by atoms with Crippen molar-refractivity contribution in [3.8, 4) is 0 Å². The Morgan fingerprint density at radius 2 is 2.00 bits per heavy atom. The Labute approximate surface area is 138 Å². The van der Waals surface area contributed by atoms with Gasteiger partial charge in [-0.05, 0) is 57.8 Å². The van der Waals surface area contributed by atoms with Crippen molar-refractivity contribution < 1.29 is 4.79 Å². The smallest absolute Gasteiger partial charge is 0.167 e. The number of anilines is 1. The third-order valence-electron chi connectivity index (χ3n) is 2.80. The molecule has 19 heavy (non-hydrogen) atoms. The number of hydrogen-bond acceptors (Lipinski definition) is 4. The lowest BCUT2D eigenvalue weighted by Crippen LogP contribution is -2.28. The Morgan fingerprint density at radius 3 is 2.47 bits per heavy atom. The number of ketones is 1. The number of nitrogens with zero attached hydrogens (tertiary/aromatic N) is 1. The molecule has 100 valence electrons. The molecule has 1 aromatic rings. The molecule has 1 aliphatic heterocycles. The van der Waals surface area contributed by atoms with E-state index in [9.17, 15) is 4.79 Å². The normalized spacial score (nSPS) is 18.9. The first-order valence-electron chi connectivity index (χ1n) is 5.54. The summed E-state index contributed by atoms with van der Waals surface area (Å²) in [4.78, 5) is 14.5. The van der Waals surface area contributed by atoms with Crippen LogP contribution in [0.1, 0.15) is 13.8 Å². The highest BCUT2D eigenvalue weighted by molar-refractivity contribution is 9.11. The Kier molecular flexibility index (Phi) is 4.87. The molecule has 0 N–H and O–H groups in total. The zero-order valence-corrected chi connectivity index (χ0v) is 15.1. The van der Waals surface area contributed by atoms with E-state index >= 15 is 0 Å². The van der Waals surface area contributed by atoms with Gasteiger partial charge in [0, 0.05) is 20.0 Å². The fourth-order valence-electron chi connectivity index (χ4n) is 2.00. The second-order valence-electron chi connectivity index (χ2n) is 4.06. The van der Waals surface area contributed by atoms with Crippen LogP contribution in [0, 0.1) is 0 Å². The van der Waals surface area contributed by atoms with Crippen molar-refractivity contribution in [3.05, 3.63) is 37.7 Å². The summed E-state index contributed by atoms with van der Waals surface area (Å²) in [5.41, 5.74) is 1.94. The van der Waals surface area contributed by atoms with E-state index in [1.807, 2.05) is 25.1 Å². The average molecular weight is 421 g/mol. The highest BCUT2D eigenvalue weighted by atomic mass is 79.9. The summed E-state index contributed by atoms with van der Waals surface area (Å²) in [5, 5.41) is 1.65. The number of rotatable bonds is 3. The van der Waals surface area contributed by atoms with Crippen LogP contribution in [0.4, 0.5) is 5.69 Å². The number of allylic oxidation sites excluding steroid dienone is 2. The molecule has 1 unspecified atom stereocenters. The van der Waals surface area contributed by atoms with E-state index in [-0.39, 0.29) is 11.2 Å². The highest BCUT2D eigenvalue weighted by Crippen LogP contribution is 2.45. The molecule has 0 saturated carbocycles. The van der Waals surface area contributed by atoms with Gasteiger partial charge in [0.05, 0.1) is 10.6 Å². The van der Waals surface area contributed by atoms with Gasteiger partial charge in [0.1, 0.15) is 5.37 Å². The molecule has 2 nitrogen and oxygen atoms in total. The lowest BCUT2D eigenvalue weighted by molar-refractivity contribution is -0.113. The number of carbonyl (C=O) groups is 1. The van der Waals surface area contributed by atoms with E-state index in [1.165, 1.54) is 11.8 Å². The molecular formula is C13H11Br2NOS2. The van der Waals surface area contributed by atoms with Gasteiger partial charge in [-0.2, -0.15) is 0 Å². The van der Waals surface area contributed by atoms with Crippen molar-refractivity contribution >= 4 is 72.7 Å². The maximum Gasteiger partial charge on any atom is 0.167 e. The molecule has 1 heterocycles. The summed E-state index contributed by atoms with van der Waals surface area (Å²) in [5.74, 6) is 0.0787. The van der Waals surface area contributed by atoms with Gasteiger partial charge in [0.15, 0.2) is 5.78 Å². The van der Waals surface area contributed by atoms with Crippen molar-refractivity contribution in [2.45, 2.75) is 19.2 Å². The standard InChI is InChI=1S/C13H11Br2NOS2/c1-7-13(8(2)17)19-11(6-18)16(7)12-9(14)4-3-5-10(12)15/h3-6,11H,1-2H3. The van der Waals surface area contributed by atoms with Gasteiger partial charge in [-0.25, -0.2) is 0 Å². The van der Waals surface area contributed by atoms with E-state index in [2.05, 4.69) is 36.8 Å². The number of thiocarbonyl (C=S) groups is 1. The molecule has 2 rings (SSSR count). The van der Waals surface area contributed by atoms with Crippen LogP contribution in [0.3, 0.4) is 0 Å². The third kappa shape index (κ3) is 2.82. The highest BCUT2D eigenvalue weighted by Gasteiger charge is 2.33. The Balaban J connectivity index is 2.59. The second kappa shape index (κ2) is 6.08. The third-order valence-corrected chi connectivity index (χ3v) is 5.91. The van der Waals surface area contributed by atoms with Crippen molar-refractivity contribution in [2.75, 3.05) is 4.90 Å². The van der Waals surface area contributed by atoms with Gasteiger partial charge in [0.25, 0.3) is 0 Å². The molecule has 0 spiro atoms. The van der Waals surface area contributed by atoms with Crippen molar-refractivity contribution in [2.24, 2.45) is 0 Å². The minimum atomic E-state index is -0.0381. The predicted molar refractivity (Wildman–Crippen MR) is 92.7 cm³/mol. The second-order valence-corrected chi connectivity index (χ2v) is 7.16. The summed E-state index contributed by atoms with van der Waals surface area (Å²) in [6.45, 7) is 3.54. The Morgan fingerprint density at radius 1 is 1.42 bits per heavy atom. The molecular weight excluding hydrogens is 410 g/mol. The van der Waals surface area contributed by atoms with E-state index in [4.69, 9.17) is 12.2 Å². The number of carbonyl (C=O) groups excluding carboxylic acids is 1. The van der Waals surface area contributed by atoms with Gasteiger partial charge < -0.3 is 4.90 Å². The first-order chi connectivity index (χ1) is 8.97. The first-order valence-corrected chi connectivity index (χ1v) is 8.48. The lowest BCUT2D eigenvalue weighted by atomic mass is 10.2. The van der Waals surface area contributed by atoms with Crippen LogP contribution < -0.4 is 4.90 Å². The van der Waals surface area contributed by atoms with E-state index in [0.717, 1.165) is 25.2 Å². The molecule has 6 heteroatoms. The van der Waals surface area contributed by atoms with Crippen LogP contribution >= 0.6 is 55.8 Å². The number of para-hydroxylation sites is 1. The molecule has 0 bridgehead atoms. The zero-order valence-electron chi connectivity index (χ0n) is 10.3. The number of benzene rings is 1. The van der Waals surface area contributed by atoms with Gasteiger partial charge in [-0.3, -0.25) is 4.79 Å². The van der Waals surface area contributed by atoms with Crippen LogP contribution in [0.2, 0.25) is 0 Å². The molecule has 0 aromatic heterocycles. The maximum absolute atomic E-state index is 11.7. The molecule has 0 amide bonds. The van der Waals surface area contributed by atoms with Crippen LogP contribution in [0.25, 0.3) is 0 Å². The molecule has 0 aliphatic carbocycles. The van der Waals surface area contributed by atoms with Gasteiger partial charge in [-0.1, -0.05) is 30.0 Å². The van der Waals surface area contributed by atoms with Gasteiger partial charge in [-0.15, -0.1) is 0 Å². The molecule has 1 aliphatic rings. The summed E-state index contributed by atoms with van der Waals surface area (Å²) in [6.07, 6.45) is 0. The largest absolute Gasteiger partial charge is 0.325 e. The predicted octanol–water partition coefficient (Wildman–Crippen LogP) is 4.91. The fourth-order valence-corrected chi connectivity index (χ4v) is 4.77. The first kappa shape index (κ1) is 15.2. The molecule has 0 saturated heterocycles. The number of thioether (sulfide) groups is 1. The fraction of sp³-hybridized carbons (Fsp3) is 0.231. The van der Waals surface area contributed by atoms with E-state index < -0.39 is 0 Å². The molecule has 0 fully saturated rings. The van der Waals surface area contributed by atoms with E-state index in [0.29, 0.717) is 0 Å². The van der Waals surface area contributed by atoms with Gasteiger partial charge in [0.2, 0.25) is 0 Å². The number of halogens is 2. The van der Waals surface area contributed by atoms with E-state index in [1.54, 1.807) is 12.3 Å². The quantitative estimate of drug-likeness (QED) is 0.647. The van der Waals surface area contributed by atoms with Crippen LogP contribution in [-0.4, -0.2) is 16.5 Å². The summed E-state index contributed by atoms with van der Waals surface area (Å²) < 4.78 is 1.93. The molecule has 1 atom stereocenters. The molecule has 1 aromatic carbocycles. The SMILES string of the molecule is CC(=O)C1=C(C)N(c2c(Br)cccc2Br)C(C=S)S1. The average Bonchev–Trinajstić information content (AvgIpc) is 2.67. The van der Waals surface area contributed by atoms with Crippen LogP contribution in [0.5, 0.6) is 0 Å². The minimum Gasteiger partial charge on any atom is -0.325 e. The Bertz CT molecular complexity index is 566.